The lowest BCUT2D eigenvalue weighted by Gasteiger charge is -2.18. The smallest absolute Gasteiger partial charge is 0.340 e. The van der Waals surface area contributed by atoms with Crippen LogP contribution in [0.3, 0.4) is 0 Å². The van der Waals surface area contributed by atoms with Crippen LogP contribution in [0.15, 0.2) is 65.4 Å². The molecule has 2 aromatic carbocycles. The number of hydrogen-bond acceptors (Lipinski definition) is 4. The lowest BCUT2D eigenvalue weighted by Crippen LogP contribution is -2.24. The summed E-state index contributed by atoms with van der Waals surface area (Å²) in [7, 11) is 2.95. The molecule has 0 bridgehead atoms. The molecule has 1 aromatic heterocycles. The number of amides is 1. The molecule has 0 unspecified atom stereocenters. The topological polar surface area (TPSA) is 60.8 Å². The summed E-state index contributed by atoms with van der Waals surface area (Å²) >= 11 is 0. The van der Waals surface area contributed by atoms with Crippen LogP contribution in [0.5, 0.6) is 5.75 Å². The third-order valence-electron chi connectivity index (χ3n) is 6.76. The molecule has 0 atom stereocenters. The first-order chi connectivity index (χ1) is 17.2. The van der Waals surface area contributed by atoms with Crippen molar-refractivity contribution in [2.24, 2.45) is 0 Å². The first kappa shape index (κ1) is 25.0. The van der Waals surface area contributed by atoms with E-state index < -0.39 is 5.97 Å². The summed E-state index contributed by atoms with van der Waals surface area (Å²) in [6.07, 6.45) is 1.81. The van der Waals surface area contributed by atoms with Crippen LogP contribution in [0.25, 0.3) is 11.8 Å². The summed E-state index contributed by atoms with van der Waals surface area (Å²) in [6, 6.07) is 16.0. The zero-order valence-electron chi connectivity index (χ0n) is 21.9. The van der Waals surface area contributed by atoms with E-state index in [4.69, 9.17) is 9.47 Å². The van der Waals surface area contributed by atoms with Crippen LogP contribution in [0.1, 0.15) is 40.6 Å². The number of hydrogen-bond donors (Lipinski definition) is 0. The molecule has 1 amide bonds. The molecule has 0 fully saturated rings. The Balaban J connectivity index is 1.76. The monoisotopic (exact) mass is 484 g/mol. The number of allylic oxidation sites excluding steroid dienone is 1. The molecule has 0 saturated heterocycles. The van der Waals surface area contributed by atoms with Gasteiger partial charge in [0.15, 0.2) is 0 Å². The van der Waals surface area contributed by atoms with Crippen molar-refractivity contribution in [1.29, 1.82) is 0 Å². The molecule has 0 saturated carbocycles. The van der Waals surface area contributed by atoms with E-state index in [1.165, 1.54) is 18.2 Å². The van der Waals surface area contributed by atoms with Crippen molar-refractivity contribution in [3.8, 4) is 11.4 Å². The SMILES string of the molecule is COC(=O)C1=C(C)N(Cc2ccc(OC)cc2)C(=O)/C1=C\c1cc(C)n(-c2ccc(C)cc2C)c1C. The molecule has 2 heterocycles. The molecule has 0 spiro atoms. The highest BCUT2D eigenvalue weighted by Gasteiger charge is 2.37. The minimum atomic E-state index is -0.521. The van der Waals surface area contributed by atoms with Gasteiger partial charge in [-0.1, -0.05) is 29.8 Å². The van der Waals surface area contributed by atoms with Crippen LogP contribution in [0, 0.1) is 27.7 Å². The molecule has 1 aliphatic rings. The molecule has 1 aliphatic heterocycles. The van der Waals surface area contributed by atoms with E-state index in [1.807, 2.05) is 50.3 Å². The van der Waals surface area contributed by atoms with E-state index >= 15 is 0 Å². The predicted octanol–water partition coefficient (Wildman–Crippen LogP) is 5.59. The van der Waals surface area contributed by atoms with E-state index in [1.54, 1.807) is 18.9 Å². The molecule has 0 N–H and O–H groups in total. The lowest BCUT2D eigenvalue weighted by atomic mass is 10.0. The lowest BCUT2D eigenvalue weighted by molar-refractivity contribution is -0.136. The molecular weight excluding hydrogens is 452 g/mol. The Hall–Kier alpha value is -4.06. The fourth-order valence-corrected chi connectivity index (χ4v) is 4.85. The van der Waals surface area contributed by atoms with E-state index in [2.05, 4.69) is 36.6 Å². The standard InChI is InChI=1S/C30H32N2O4/c1-18-8-13-27(19(2)14-18)32-20(3)15-24(21(32)4)16-26-28(30(34)36-7)22(5)31(29(26)33)17-23-9-11-25(35-6)12-10-23/h8-16H,17H2,1-7H3/b26-16-. The van der Waals surface area contributed by atoms with Crippen LogP contribution in [-0.2, 0) is 20.9 Å². The quantitative estimate of drug-likeness (QED) is 0.338. The molecule has 3 aromatic rings. The van der Waals surface area contributed by atoms with E-state index in [-0.39, 0.29) is 5.91 Å². The Morgan fingerprint density at radius 3 is 2.25 bits per heavy atom. The Labute approximate surface area is 212 Å². The fraction of sp³-hybridized carbons (Fsp3) is 0.267. The summed E-state index contributed by atoms with van der Waals surface area (Å²) in [5, 5.41) is 0. The Morgan fingerprint density at radius 1 is 0.944 bits per heavy atom. The van der Waals surface area contributed by atoms with E-state index in [0.717, 1.165) is 34.0 Å². The van der Waals surface area contributed by atoms with Crippen molar-refractivity contribution in [2.75, 3.05) is 14.2 Å². The van der Waals surface area contributed by atoms with Gasteiger partial charge >= 0.3 is 5.97 Å². The van der Waals surface area contributed by atoms with Crippen molar-refractivity contribution in [3.63, 3.8) is 0 Å². The molecule has 4 rings (SSSR count). The minimum Gasteiger partial charge on any atom is -0.497 e. The van der Waals surface area contributed by atoms with Gasteiger partial charge in [-0.25, -0.2) is 4.79 Å². The van der Waals surface area contributed by atoms with Crippen molar-refractivity contribution in [2.45, 2.75) is 41.2 Å². The average Bonchev–Trinajstić information content (AvgIpc) is 3.26. The Kier molecular flexibility index (Phi) is 6.88. The average molecular weight is 485 g/mol. The number of ether oxygens (including phenoxy) is 2. The summed E-state index contributed by atoms with van der Waals surface area (Å²) in [5.41, 5.74) is 8.56. The third-order valence-corrected chi connectivity index (χ3v) is 6.76. The molecule has 6 heteroatoms. The van der Waals surface area contributed by atoms with Crippen LogP contribution < -0.4 is 4.74 Å². The maximum Gasteiger partial charge on any atom is 0.340 e. The molecule has 186 valence electrons. The first-order valence-electron chi connectivity index (χ1n) is 11.9. The second-order valence-electron chi connectivity index (χ2n) is 9.20. The van der Waals surface area contributed by atoms with Crippen LogP contribution >= 0.6 is 0 Å². The number of benzene rings is 2. The minimum absolute atomic E-state index is 0.222. The largest absolute Gasteiger partial charge is 0.497 e. The number of carbonyl (C=O) groups excluding carboxylic acids is 2. The summed E-state index contributed by atoms with van der Waals surface area (Å²) in [4.78, 5) is 28.0. The van der Waals surface area contributed by atoms with Crippen molar-refractivity contribution < 1.29 is 19.1 Å². The van der Waals surface area contributed by atoms with Crippen molar-refractivity contribution in [1.82, 2.24) is 9.47 Å². The van der Waals surface area contributed by atoms with Gasteiger partial charge in [0.1, 0.15) is 5.75 Å². The highest BCUT2D eigenvalue weighted by atomic mass is 16.5. The van der Waals surface area contributed by atoms with Gasteiger partial charge in [-0.3, -0.25) is 4.79 Å². The van der Waals surface area contributed by atoms with Gasteiger partial charge in [-0.05, 0) is 81.7 Å². The molecular formula is C30H32N2O4. The Morgan fingerprint density at radius 2 is 1.64 bits per heavy atom. The molecule has 6 nitrogen and oxygen atoms in total. The van der Waals surface area contributed by atoms with Gasteiger partial charge in [-0.2, -0.15) is 0 Å². The van der Waals surface area contributed by atoms with Crippen LogP contribution in [-0.4, -0.2) is 35.6 Å². The van der Waals surface area contributed by atoms with Gasteiger partial charge in [-0.15, -0.1) is 0 Å². The molecule has 0 radical (unpaired) electrons. The maximum atomic E-state index is 13.6. The number of aromatic nitrogens is 1. The number of carbonyl (C=O) groups is 2. The molecule has 36 heavy (non-hydrogen) atoms. The van der Waals surface area contributed by atoms with Gasteiger partial charge in [0.25, 0.3) is 5.91 Å². The van der Waals surface area contributed by atoms with Gasteiger partial charge in [0, 0.05) is 22.8 Å². The van der Waals surface area contributed by atoms with Crippen molar-refractivity contribution >= 4 is 18.0 Å². The third kappa shape index (κ3) is 4.47. The summed E-state index contributed by atoms with van der Waals surface area (Å²) in [5.74, 6) is 0.00122. The number of rotatable bonds is 6. The van der Waals surface area contributed by atoms with E-state index in [0.29, 0.717) is 23.4 Å². The van der Waals surface area contributed by atoms with Crippen LogP contribution in [0.2, 0.25) is 0 Å². The number of methoxy groups -OCH3 is 2. The Bertz CT molecular complexity index is 1410. The fourth-order valence-electron chi connectivity index (χ4n) is 4.85. The highest BCUT2D eigenvalue weighted by Crippen LogP contribution is 2.34. The summed E-state index contributed by atoms with van der Waals surface area (Å²) in [6.45, 7) is 10.4. The van der Waals surface area contributed by atoms with Crippen molar-refractivity contribution in [3.05, 3.63) is 99.0 Å². The zero-order chi connectivity index (χ0) is 26.1. The van der Waals surface area contributed by atoms with Gasteiger partial charge < -0.3 is 18.9 Å². The number of esters is 1. The van der Waals surface area contributed by atoms with Gasteiger partial charge in [0.05, 0.1) is 31.9 Å². The number of nitrogens with zero attached hydrogens (tertiary/aromatic N) is 2. The van der Waals surface area contributed by atoms with E-state index in [9.17, 15) is 9.59 Å². The number of aryl methyl sites for hydroxylation is 3. The molecule has 0 aliphatic carbocycles. The predicted molar refractivity (Wildman–Crippen MR) is 141 cm³/mol. The van der Waals surface area contributed by atoms with Crippen LogP contribution in [0.4, 0.5) is 0 Å². The first-order valence-corrected chi connectivity index (χ1v) is 11.9. The second kappa shape index (κ2) is 9.90. The maximum absolute atomic E-state index is 13.6. The normalized spacial score (nSPS) is 14.7. The summed E-state index contributed by atoms with van der Waals surface area (Å²) < 4.78 is 12.5. The second-order valence-corrected chi connectivity index (χ2v) is 9.20. The van der Waals surface area contributed by atoms with Gasteiger partial charge in [0.2, 0.25) is 0 Å². The zero-order valence-corrected chi connectivity index (χ0v) is 21.9. The highest BCUT2D eigenvalue weighted by molar-refractivity contribution is 6.16.